The molecule has 25 heavy (non-hydrogen) atoms. The van der Waals surface area contributed by atoms with Crippen molar-refractivity contribution in [3.63, 3.8) is 0 Å². The molecule has 0 fully saturated rings. The molecule has 1 N–H and O–H groups in total. The van der Waals surface area contributed by atoms with Crippen LogP contribution in [-0.2, 0) is 13.0 Å². The lowest BCUT2D eigenvalue weighted by atomic mass is 10.2. The Morgan fingerprint density at radius 2 is 1.88 bits per heavy atom. The fourth-order valence-electron chi connectivity index (χ4n) is 2.72. The molecule has 5 nitrogen and oxygen atoms in total. The van der Waals surface area contributed by atoms with Gasteiger partial charge in [-0.05, 0) is 48.5 Å². The number of fused-ring (bicyclic) bond motifs is 1. The molecule has 0 bridgehead atoms. The smallest absolute Gasteiger partial charge is 0.160 e. The summed E-state index contributed by atoms with van der Waals surface area (Å²) in [6.45, 7) is 1.47. The van der Waals surface area contributed by atoms with Crippen LogP contribution in [0.3, 0.4) is 0 Å². The van der Waals surface area contributed by atoms with Crippen LogP contribution in [0, 0.1) is 0 Å². The van der Waals surface area contributed by atoms with E-state index in [1.807, 2.05) is 65.2 Å². The third-order valence-corrected chi connectivity index (χ3v) is 4.25. The van der Waals surface area contributed by atoms with E-state index in [-0.39, 0.29) is 0 Å². The van der Waals surface area contributed by atoms with E-state index >= 15 is 0 Å². The molecule has 3 aromatic heterocycles. The average Bonchev–Trinajstić information content (AvgIpc) is 3.27. The third kappa shape index (κ3) is 3.57. The van der Waals surface area contributed by atoms with Gasteiger partial charge in [-0.3, -0.25) is 4.40 Å². The van der Waals surface area contributed by atoms with Crippen LogP contribution in [0.1, 0.15) is 11.6 Å². The summed E-state index contributed by atoms with van der Waals surface area (Å²) < 4.78 is 7.89. The number of rotatable bonds is 6. The highest BCUT2D eigenvalue weighted by Gasteiger charge is 2.06. The van der Waals surface area contributed by atoms with E-state index in [1.54, 1.807) is 0 Å². The maximum atomic E-state index is 5.92. The summed E-state index contributed by atoms with van der Waals surface area (Å²) in [6, 6.07) is 17.5. The van der Waals surface area contributed by atoms with Gasteiger partial charge in [0.05, 0.1) is 6.54 Å². The van der Waals surface area contributed by atoms with Crippen LogP contribution < -0.4 is 5.32 Å². The average molecular weight is 353 g/mol. The van der Waals surface area contributed by atoms with Crippen LogP contribution in [0.5, 0.6) is 0 Å². The highest BCUT2D eigenvalue weighted by atomic mass is 35.5. The van der Waals surface area contributed by atoms with Crippen molar-refractivity contribution in [2.45, 2.75) is 13.0 Å². The van der Waals surface area contributed by atoms with E-state index in [9.17, 15) is 0 Å². The number of hydrogen-bond donors (Lipinski definition) is 1. The van der Waals surface area contributed by atoms with Crippen LogP contribution in [-0.4, -0.2) is 21.1 Å². The second-order valence-corrected chi connectivity index (χ2v) is 6.18. The Balaban J connectivity index is 1.32. The van der Waals surface area contributed by atoms with Crippen LogP contribution in [0.2, 0.25) is 5.02 Å². The van der Waals surface area contributed by atoms with E-state index in [4.69, 9.17) is 16.0 Å². The second-order valence-electron chi connectivity index (χ2n) is 5.74. The number of nitrogens with one attached hydrogen (secondary N) is 1. The summed E-state index contributed by atoms with van der Waals surface area (Å²) in [5, 5.41) is 12.5. The van der Waals surface area contributed by atoms with E-state index in [1.165, 1.54) is 0 Å². The molecular formula is C19H17ClN4O. The number of benzene rings is 1. The summed E-state index contributed by atoms with van der Waals surface area (Å²) >= 11 is 5.92. The predicted molar refractivity (Wildman–Crippen MR) is 97.6 cm³/mol. The standard InChI is InChI=1S/C19H17ClN4O/c20-15-6-4-14(5-7-15)17-9-8-16(25-17)13-21-11-10-19-23-22-18-3-1-2-12-24(18)19/h1-9,12,21H,10-11,13H2. The van der Waals surface area contributed by atoms with Crippen LogP contribution in [0.4, 0.5) is 0 Å². The maximum Gasteiger partial charge on any atom is 0.160 e. The maximum absolute atomic E-state index is 5.92. The topological polar surface area (TPSA) is 55.4 Å². The van der Waals surface area contributed by atoms with Crippen molar-refractivity contribution < 1.29 is 4.42 Å². The molecule has 0 saturated carbocycles. The Labute approximate surface area is 150 Å². The van der Waals surface area contributed by atoms with E-state index < -0.39 is 0 Å². The number of pyridine rings is 1. The Hall–Kier alpha value is -2.63. The first-order valence-electron chi connectivity index (χ1n) is 8.13. The van der Waals surface area contributed by atoms with Gasteiger partial charge in [0.25, 0.3) is 0 Å². The molecule has 0 amide bonds. The summed E-state index contributed by atoms with van der Waals surface area (Å²) in [6.07, 6.45) is 2.78. The zero-order valence-electron chi connectivity index (χ0n) is 13.5. The van der Waals surface area contributed by atoms with Gasteiger partial charge in [0, 0.05) is 29.7 Å². The van der Waals surface area contributed by atoms with Gasteiger partial charge in [-0.25, -0.2) is 0 Å². The molecular weight excluding hydrogens is 336 g/mol. The largest absolute Gasteiger partial charge is 0.460 e. The molecule has 0 aliphatic carbocycles. The quantitative estimate of drug-likeness (QED) is 0.533. The molecule has 0 saturated heterocycles. The predicted octanol–water partition coefficient (Wildman–Crippen LogP) is 3.98. The zero-order chi connectivity index (χ0) is 17.1. The van der Waals surface area contributed by atoms with Crippen molar-refractivity contribution >= 4 is 17.2 Å². The van der Waals surface area contributed by atoms with Crippen LogP contribution in [0.15, 0.2) is 65.2 Å². The van der Waals surface area contributed by atoms with Crippen LogP contribution in [0.25, 0.3) is 17.0 Å². The van der Waals surface area contributed by atoms with Crippen molar-refractivity contribution in [1.82, 2.24) is 19.9 Å². The van der Waals surface area contributed by atoms with Crippen molar-refractivity contribution in [3.8, 4) is 11.3 Å². The monoisotopic (exact) mass is 352 g/mol. The van der Waals surface area contributed by atoms with Gasteiger partial charge in [0.15, 0.2) is 5.65 Å². The van der Waals surface area contributed by atoms with E-state index in [2.05, 4.69) is 15.5 Å². The fraction of sp³-hybridized carbons (Fsp3) is 0.158. The van der Waals surface area contributed by atoms with Gasteiger partial charge in [-0.1, -0.05) is 17.7 Å². The van der Waals surface area contributed by atoms with Gasteiger partial charge >= 0.3 is 0 Å². The van der Waals surface area contributed by atoms with E-state index in [0.29, 0.717) is 6.54 Å². The Morgan fingerprint density at radius 1 is 1.00 bits per heavy atom. The van der Waals surface area contributed by atoms with Gasteiger partial charge in [0.2, 0.25) is 0 Å². The molecule has 0 unspecified atom stereocenters. The number of furan rings is 1. The molecule has 3 heterocycles. The molecule has 0 aliphatic heterocycles. The minimum atomic E-state index is 0.671. The van der Waals surface area contributed by atoms with Crippen molar-refractivity contribution in [2.24, 2.45) is 0 Å². The second kappa shape index (κ2) is 7.09. The zero-order valence-corrected chi connectivity index (χ0v) is 14.3. The normalized spacial score (nSPS) is 11.2. The number of nitrogens with zero attached hydrogens (tertiary/aromatic N) is 3. The van der Waals surface area contributed by atoms with Gasteiger partial charge in [-0.2, -0.15) is 0 Å². The minimum Gasteiger partial charge on any atom is -0.460 e. The first-order chi connectivity index (χ1) is 12.3. The fourth-order valence-corrected chi connectivity index (χ4v) is 2.84. The van der Waals surface area contributed by atoms with Crippen molar-refractivity contribution in [3.05, 3.63) is 77.4 Å². The summed E-state index contributed by atoms with van der Waals surface area (Å²) in [4.78, 5) is 0. The number of hydrogen-bond acceptors (Lipinski definition) is 4. The Kier molecular flexibility index (Phi) is 4.50. The molecule has 4 aromatic rings. The molecule has 4 rings (SSSR count). The summed E-state index contributed by atoms with van der Waals surface area (Å²) in [5.41, 5.74) is 1.89. The van der Waals surface area contributed by atoms with Gasteiger partial charge in [0.1, 0.15) is 17.3 Å². The lowest BCUT2D eigenvalue weighted by molar-refractivity contribution is 0.493. The van der Waals surface area contributed by atoms with Crippen LogP contribution >= 0.6 is 11.6 Å². The first-order valence-corrected chi connectivity index (χ1v) is 8.51. The van der Waals surface area contributed by atoms with Gasteiger partial charge in [-0.15, -0.1) is 10.2 Å². The molecule has 0 spiro atoms. The minimum absolute atomic E-state index is 0.671. The Morgan fingerprint density at radius 3 is 2.76 bits per heavy atom. The highest BCUT2D eigenvalue weighted by Crippen LogP contribution is 2.23. The SMILES string of the molecule is Clc1ccc(-c2ccc(CNCCc3nnc4ccccn34)o2)cc1. The molecule has 0 radical (unpaired) electrons. The Bertz CT molecular complexity index is 974. The number of halogens is 1. The molecule has 1 aromatic carbocycles. The lowest BCUT2D eigenvalue weighted by Crippen LogP contribution is -2.17. The highest BCUT2D eigenvalue weighted by molar-refractivity contribution is 6.30. The lowest BCUT2D eigenvalue weighted by Gasteiger charge is -2.02. The van der Waals surface area contributed by atoms with Crippen molar-refractivity contribution in [1.29, 1.82) is 0 Å². The number of aromatic nitrogens is 3. The molecule has 0 atom stereocenters. The molecule has 6 heteroatoms. The van der Waals surface area contributed by atoms with E-state index in [0.717, 1.165) is 46.5 Å². The van der Waals surface area contributed by atoms with Gasteiger partial charge < -0.3 is 9.73 Å². The van der Waals surface area contributed by atoms with Crippen molar-refractivity contribution in [2.75, 3.05) is 6.54 Å². The summed E-state index contributed by atoms with van der Waals surface area (Å²) in [7, 11) is 0. The first kappa shape index (κ1) is 15.9. The third-order valence-electron chi connectivity index (χ3n) is 4.00. The molecule has 0 aliphatic rings. The molecule has 126 valence electrons. The summed E-state index contributed by atoms with van der Waals surface area (Å²) in [5.74, 6) is 2.69.